The number of carbonyl (C=O) groups excluding carboxylic acids is 2. The summed E-state index contributed by atoms with van der Waals surface area (Å²) in [6.45, 7) is 11.5. The normalized spacial score (nSPS) is 14.1. The van der Waals surface area contributed by atoms with Crippen molar-refractivity contribution in [3.63, 3.8) is 0 Å². The summed E-state index contributed by atoms with van der Waals surface area (Å²) < 4.78 is 30.0. The highest BCUT2D eigenvalue weighted by Gasteiger charge is 2.23. The summed E-state index contributed by atoms with van der Waals surface area (Å²) in [4.78, 5) is 40.7. The Bertz CT molecular complexity index is 2270. The summed E-state index contributed by atoms with van der Waals surface area (Å²) in [5, 5.41) is 13.5. The van der Waals surface area contributed by atoms with Gasteiger partial charge in [-0.2, -0.15) is 4.98 Å². The van der Waals surface area contributed by atoms with E-state index in [4.69, 9.17) is 14.2 Å². The smallest absolute Gasteiger partial charge is 0.323 e. The molecule has 1 atom stereocenters. The number of hydrogen-bond acceptors (Lipinski definition) is 11. The van der Waals surface area contributed by atoms with E-state index in [2.05, 4.69) is 48.1 Å². The van der Waals surface area contributed by atoms with Crippen LogP contribution in [0, 0.1) is 0 Å². The summed E-state index contributed by atoms with van der Waals surface area (Å²) in [6, 6.07) is 21.0. The fraction of sp³-hybridized carbons (Fsp3) is 0.333. The van der Waals surface area contributed by atoms with Crippen molar-refractivity contribution < 1.29 is 28.0 Å². The van der Waals surface area contributed by atoms with Crippen LogP contribution >= 0.6 is 0 Å². The molecular formula is C42H50N8O6S. The molecule has 5 aromatic rings. The van der Waals surface area contributed by atoms with Gasteiger partial charge in [0, 0.05) is 85.9 Å². The Hall–Kier alpha value is -5.77. The van der Waals surface area contributed by atoms with Crippen molar-refractivity contribution in [1.82, 2.24) is 25.1 Å². The fourth-order valence-corrected chi connectivity index (χ4v) is 7.17. The Balaban J connectivity index is 1.16. The first-order valence-electron chi connectivity index (χ1n) is 18.6. The quantitative estimate of drug-likeness (QED) is 0.0989. The third-order valence-corrected chi connectivity index (χ3v) is 10.6. The maximum absolute atomic E-state index is 13.5. The molecule has 300 valence electrons. The highest BCUT2D eigenvalue weighted by Crippen LogP contribution is 2.38. The summed E-state index contributed by atoms with van der Waals surface area (Å²) in [7, 11) is 3.80. The molecule has 1 unspecified atom stereocenters. The molecule has 1 fully saturated rings. The lowest BCUT2D eigenvalue weighted by Gasteiger charge is -2.32. The number of ether oxygens (including phenoxy) is 3. The van der Waals surface area contributed by atoms with Crippen LogP contribution in [0.5, 0.6) is 23.1 Å². The maximum atomic E-state index is 13.5. The molecule has 0 spiro atoms. The van der Waals surface area contributed by atoms with Crippen LogP contribution in [0.3, 0.4) is 0 Å². The summed E-state index contributed by atoms with van der Waals surface area (Å²) in [5.74, 6) is 1.68. The molecule has 57 heavy (non-hydrogen) atoms. The van der Waals surface area contributed by atoms with Gasteiger partial charge in [0.2, 0.25) is 11.8 Å². The highest BCUT2D eigenvalue weighted by atomic mass is 32.2. The number of likely N-dealkylation sites (N-methyl/N-ethyl adjacent to an activating group) is 1. The van der Waals surface area contributed by atoms with Gasteiger partial charge in [0.25, 0.3) is 5.91 Å². The Morgan fingerprint density at radius 3 is 2.32 bits per heavy atom. The van der Waals surface area contributed by atoms with Crippen LogP contribution in [-0.4, -0.2) is 103 Å². The summed E-state index contributed by atoms with van der Waals surface area (Å²) in [6.07, 6.45) is 3.15. The first-order valence-corrected chi connectivity index (χ1v) is 20.2. The second-order valence-corrected chi connectivity index (χ2v) is 16.1. The van der Waals surface area contributed by atoms with Gasteiger partial charge in [0.1, 0.15) is 11.5 Å². The minimum absolute atomic E-state index is 0.204. The number of amides is 3. The molecule has 4 N–H and O–H groups in total. The summed E-state index contributed by atoms with van der Waals surface area (Å²) >= 11 is 0. The van der Waals surface area contributed by atoms with Crippen molar-refractivity contribution in [3.05, 3.63) is 90.1 Å². The molecule has 0 radical (unpaired) electrons. The van der Waals surface area contributed by atoms with Gasteiger partial charge in [-0.05, 0) is 54.4 Å². The van der Waals surface area contributed by atoms with Gasteiger partial charge in [-0.25, -0.2) is 9.78 Å². The number of aromatic nitrogens is 2. The van der Waals surface area contributed by atoms with Crippen LogP contribution in [0.15, 0.2) is 83.9 Å². The predicted octanol–water partition coefficient (Wildman–Crippen LogP) is 6.84. The van der Waals surface area contributed by atoms with Crippen LogP contribution < -0.4 is 35.5 Å². The second kappa shape index (κ2) is 18.0. The zero-order chi connectivity index (χ0) is 40.7. The number of carbonyl (C=O) groups is 2. The molecule has 1 aliphatic rings. The van der Waals surface area contributed by atoms with Gasteiger partial charge in [0.05, 0.1) is 41.3 Å². The summed E-state index contributed by atoms with van der Waals surface area (Å²) in [5.41, 5.74) is 2.61. The first kappa shape index (κ1) is 40.9. The van der Waals surface area contributed by atoms with Gasteiger partial charge in [-0.15, -0.1) is 0 Å². The Morgan fingerprint density at radius 2 is 1.61 bits per heavy atom. The third kappa shape index (κ3) is 10.4. The Labute approximate surface area is 335 Å². The topological polar surface area (TPSA) is 159 Å². The van der Waals surface area contributed by atoms with Crippen LogP contribution in [0.25, 0.3) is 10.8 Å². The number of urea groups is 1. The van der Waals surface area contributed by atoms with Gasteiger partial charge in [-0.3, -0.25) is 13.9 Å². The lowest BCUT2D eigenvalue weighted by Crippen LogP contribution is -2.46. The van der Waals surface area contributed by atoms with Gasteiger partial charge in [-0.1, -0.05) is 45.0 Å². The molecule has 15 heteroatoms. The van der Waals surface area contributed by atoms with Crippen molar-refractivity contribution >= 4 is 56.5 Å². The Morgan fingerprint density at radius 1 is 0.877 bits per heavy atom. The first-order chi connectivity index (χ1) is 27.3. The highest BCUT2D eigenvalue weighted by molar-refractivity contribution is 7.84. The van der Waals surface area contributed by atoms with E-state index in [1.807, 2.05) is 57.2 Å². The third-order valence-electron chi connectivity index (χ3n) is 9.63. The number of methoxy groups -OCH3 is 2. The number of anilines is 4. The molecule has 3 amide bonds. The van der Waals surface area contributed by atoms with E-state index in [1.54, 1.807) is 56.0 Å². The SMILES string of the molecule is COc1cc(Nc2nccc(Oc3ccc(NC(=O)Nc4cc(C(C)(C)C)cc(S(C)=O)c4OC)c4ccccc34)n2)cc(C(=O)NCCN2CCN(C)CC2)c1. The van der Waals surface area contributed by atoms with E-state index in [1.165, 1.54) is 7.11 Å². The Kier molecular flexibility index (Phi) is 12.9. The largest absolute Gasteiger partial charge is 0.497 e. The number of fused-ring (bicyclic) bond motifs is 1. The molecular weight excluding hydrogens is 745 g/mol. The van der Waals surface area contributed by atoms with Crippen molar-refractivity contribution in [2.45, 2.75) is 31.1 Å². The van der Waals surface area contributed by atoms with E-state index in [9.17, 15) is 13.8 Å². The van der Waals surface area contributed by atoms with Gasteiger partial charge >= 0.3 is 6.03 Å². The lowest BCUT2D eigenvalue weighted by molar-refractivity contribution is 0.0940. The zero-order valence-electron chi connectivity index (χ0n) is 33.4. The molecule has 6 rings (SSSR count). The average molecular weight is 795 g/mol. The molecule has 1 aromatic heterocycles. The molecule has 14 nitrogen and oxygen atoms in total. The van der Waals surface area contributed by atoms with Crippen molar-refractivity contribution in [3.8, 4) is 23.1 Å². The number of nitrogens with zero attached hydrogens (tertiary/aromatic N) is 4. The molecule has 4 aromatic carbocycles. The molecule has 0 bridgehead atoms. The van der Waals surface area contributed by atoms with Crippen LogP contribution in [0.1, 0.15) is 36.7 Å². The van der Waals surface area contributed by atoms with E-state index in [0.29, 0.717) is 51.3 Å². The molecule has 0 saturated carbocycles. The van der Waals surface area contributed by atoms with Crippen LogP contribution in [-0.2, 0) is 16.2 Å². The van der Waals surface area contributed by atoms with Crippen molar-refractivity contribution in [2.24, 2.45) is 0 Å². The van der Waals surface area contributed by atoms with Crippen LogP contribution in [0.2, 0.25) is 0 Å². The average Bonchev–Trinajstić information content (AvgIpc) is 3.18. The molecule has 0 aliphatic carbocycles. The standard InChI is InChI=1S/C42H50N8O6S/c1-42(2,3)28-24-34(38(55-6)36(25-28)57(7)53)47-41(52)46-33-12-13-35(32-11-9-8-10-31(32)33)56-37-14-15-44-40(48-37)45-29-22-27(23-30(26-29)54-5)39(51)43-16-17-50-20-18-49(4)19-21-50/h8-15,22-26H,16-21H2,1-7H3,(H,43,51)(H,44,45,48)(H2,46,47,52). The maximum Gasteiger partial charge on any atom is 0.323 e. The minimum Gasteiger partial charge on any atom is -0.497 e. The zero-order valence-corrected chi connectivity index (χ0v) is 34.2. The molecule has 1 aliphatic heterocycles. The van der Waals surface area contributed by atoms with Gasteiger partial charge < -0.3 is 40.4 Å². The van der Waals surface area contributed by atoms with Crippen LogP contribution in [0.4, 0.5) is 27.8 Å². The number of hydrogen-bond donors (Lipinski definition) is 4. The number of rotatable bonds is 13. The van der Waals surface area contributed by atoms with Gasteiger partial charge in [0.15, 0.2) is 5.75 Å². The number of benzene rings is 4. The minimum atomic E-state index is -1.35. The van der Waals surface area contributed by atoms with Crippen molar-refractivity contribution in [2.75, 3.05) is 82.7 Å². The lowest BCUT2D eigenvalue weighted by atomic mass is 9.86. The number of piperazine rings is 1. The van der Waals surface area contributed by atoms with E-state index < -0.39 is 16.8 Å². The predicted molar refractivity (Wildman–Crippen MR) is 225 cm³/mol. The van der Waals surface area contributed by atoms with E-state index in [-0.39, 0.29) is 23.2 Å². The molecule has 1 saturated heterocycles. The monoisotopic (exact) mass is 794 g/mol. The van der Waals surface area contributed by atoms with Crippen molar-refractivity contribution in [1.29, 1.82) is 0 Å². The fourth-order valence-electron chi connectivity index (χ4n) is 6.42. The molecule has 2 heterocycles. The van der Waals surface area contributed by atoms with E-state index in [0.717, 1.165) is 49.1 Å². The second-order valence-electron chi connectivity index (χ2n) is 14.8. The number of nitrogens with one attached hydrogen (secondary N) is 4. The van der Waals surface area contributed by atoms with E-state index >= 15 is 0 Å².